The Balaban J connectivity index is 1.28. The van der Waals surface area contributed by atoms with Crippen molar-refractivity contribution < 1.29 is 4.79 Å². The summed E-state index contributed by atoms with van der Waals surface area (Å²) in [5.74, 6) is -0.0860. The molecule has 1 atom stereocenters. The van der Waals surface area contributed by atoms with Crippen molar-refractivity contribution in [1.82, 2.24) is 4.98 Å². The highest BCUT2D eigenvalue weighted by Gasteiger charge is 2.16. The van der Waals surface area contributed by atoms with E-state index in [1.807, 2.05) is 91.2 Å². The van der Waals surface area contributed by atoms with Crippen LogP contribution < -0.4 is 16.0 Å². The van der Waals surface area contributed by atoms with Crippen LogP contribution in [-0.4, -0.2) is 21.3 Å². The van der Waals surface area contributed by atoms with E-state index in [-0.39, 0.29) is 11.2 Å². The minimum Gasteiger partial charge on any atom is -0.332 e. The van der Waals surface area contributed by atoms with Gasteiger partial charge in [-0.2, -0.15) is 0 Å². The van der Waals surface area contributed by atoms with Gasteiger partial charge in [0.05, 0.1) is 10.9 Å². The van der Waals surface area contributed by atoms with E-state index in [1.165, 1.54) is 23.1 Å². The van der Waals surface area contributed by atoms with Gasteiger partial charge in [0.15, 0.2) is 10.2 Å². The fraction of sp³-hybridized carbons (Fsp3) is 0.0800. The molecule has 3 aromatic carbocycles. The first-order chi connectivity index (χ1) is 16.5. The standard InChI is InChI=1S/C25H21BrN4OS3/c1-16(23(31)30-25-29-22(15-33-25)17-7-9-18(26)10-8-17)34-21-13-11-20(12-14-21)28-24(32)27-19-5-3-2-4-6-19/h2-16H,1H3,(H2,27,28,32)(H,29,30,31). The minimum atomic E-state index is -0.278. The number of thiazole rings is 1. The van der Waals surface area contributed by atoms with Gasteiger partial charge < -0.3 is 16.0 Å². The number of hydrogen-bond acceptors (Lipinski definition) is 5. The van der Waals surface area contributed by atoms with E-state index in [2.05, 4.69) is 36.9 Å². The topological polar surface area (TPSA) is 66.0 Å². The second-order valence-electron chi connectivity index (χ2n) is 7.26. The van der Waals surface area contributed by atoms with Gasteiger partial charge in [-0.1, -0.05) is 46.3 Å². The first kappa shape index (κ1) is 24.4. The molecule has 1 amide bonds. The molecule has 9 heteroatoms. The summed E-state index contributed by atoms with van der Waals surface area (Å²) in [5, 5.41) is 12.0. The second kappa shape index (κ2) is 11.6. The van der Waals surface area contributed by atoms with Crippen LogP contribution in [0.4, 0.5) is 16.5 Å². The molecule has 0 aliphatic heterocycles. The van der Waals surface area contributed by atoms with Crippen molar-refractivity contribution in [2.45, 2.75) is 17.1 Å². The number of anilines is 3. The molecule has 172 valence electrons. The quantitative estimate of drug-likeness (QED) is 0.158. The molecule has 0 bridgehead atoms. The summed E-state index contributed by atoms with van der Waals surface area (Å²) < 4.78 is 1.02. The van der Waals surface area contributed by atoms with Crippen LogP contribution in [0.3, 0.4) is 0 Å². The van der Waals surface area contributed by atoms with Gasteiger partial charge in [-0.25, -0.2) is 4.98 Å². The number of thioether (sulfide) groups is 1. The smallest absolute Gasteiger partial charge is 0.239 e. The number of aromatic nitrogens is 1. The molecule has 0 saturated carbocycles. The number of nitrogens with zero attached hydrogens (tertiary/aromatic N) is 1. The zero-order valence-electron chi connectivity index (χ0n) is 18.1. The highest BCUT2D eigenvalue weighted by molar-refractivity contribution is 9.10. The molecule has 1 aromatic heterocycles. The van der Waals surface area contributed by atoms with E-state index >= 15 is 0 Å². The minimum absolute atomic E-state index is 0.0860. The number of thiocarbonyl (C=S) groups is 1. The van der Waals surface area contributed by atoms with Gasteiger partial charge in [0.25, 0.3) is 0 Å². The maximum Gasteiger partial charge on any atom is 0.239 e. The van der Waals surface area contributed by atoms with Crippen molar-refractivity contribution in [1.29, 1.82) is 0 Å². The summed E-state index contributed by atoms with van der Waals surface area (Å²) in [6, 6.07) is 25.5. The summed E-state index contributed by atoms with van der Waals surface area (Å²) in [7, 11) is 0. The lowest BCUT2D eigenvalue weighted by Crippen LogP contribution is -2.22. The first-order valence-electron chi connectivity index (χ1n) is 10.4. The van der Waals surface area contributed by atoms with Crippen molar-refractivity contribution in [2.24, 2.45) is 0 Å². The Morgan fingerprint density at radius 3 is 2.26 bits per heavy atom. The van der Waals surface area contributed by atoms with E-state index in [4.69, 9.17) is 12.2 Å². The van der Waals surface area contributed by atoms with Crippen molar-refractivity contribution in [3.8, 4) is 11.3 Å². The lowest BCUT2D eigenvalue weighted by molar-refractivity contribution is -0.115. The van der Waals surface area contributed by atoms with Gasteiger partial charge in [0.2, 0.25) is 5.91 Å². The summed E-state index contributed by atoms with van der Waals surface area (Å²) in [4.78, 5) is 18.2. The summed E-state index contributed by atoms with van der Waals surface area (Å²) in [6.45, 7) is 1.88. The van der Waals surface area contributed by atoms with E-state index in [9.17, 15) is 4.79 Å². The third kappa shape index (κ3) is 6.89. The number of halogens is 1. The Bertz CT molecular complexity index is 1260. The number of rotatable bonds is 7. The van der Waals surface area contributed by atoms with Crippen LogP contribution in [0.1, 0.15) is 6.92 Å². The zero-order chi connectivity index (χ0) is 23.9. The molecule has 0 aliphatic carbocycles. The molecule has 0 radical (unpaired) electrons. The van der Waals surface area contributed by atoms with Gasteiger partial charge in [0.1, 0.15) is 0 Å². The van der Waals surface area contributed by atoms with Crippen LogP contribution in [-0.2, 0) is 4.79 Å². The predicted molar refractivity (Wildman–Crippen MR) is 152 cm³/mol. The SMILES string of the molecule is CC(Sc1ccc(NC(=S)Nc2ccccc2)cc1)C(=O)Nc1nc(-c2ccc(Br)cc2)cs1. The molecule has 4 rings (SSSR count). The Morgan fingerprint density at radius 2 is 1.59 bits per heavy atom. The van der Waals surface area contributed by atoms with Crippen LogP contribution in [0.5, 0.6) is 0 Å². The third-order valence-corrected chi connectivity index (χ3v) is 7.30. The molecule has 0 saturated heterocycles. The van der Waals surface area contributed by atoms with Crippen molar-refractivity contribution in [3.05, 3.63) is 88.7 Å². The van der Waals surface area contributed by atoms with Crippen molar-refractivity contribution in [2.75, 3.05) is 16.0 Å². The fourth-order valence-corrected chi connectivity index (χ4v) is 5.07. The van der Waals surface area contributed by atoms with E-state index in [0.29, 0.717) is 10.2 Å². The Kier molecular flexibility index (Phi) is 8.34. The van der Waals surface area contributed by atoms with E-state index in [0.717, 1.165) is 32.0 Å². The maximum absolute atomic E-state index is 12.7. The van der Waals surface area contributed by atoms with Crippen molar-refractivity contribution >= 4 is 78.8 Å². The Hall–Kier alpha value is -2.72. The molecule has 0 spiro atoms. The Labute approximate surface area is 220 Å². The van der Waals surface area contributed by atoms with E-state index < -0.39 is 0 Å². The molecule has 0 fully saturated rings. The molecule has 3 N–H and O–H groups in total. The number of amides is 1. The molecular weight excluding hydrogens is 548 g/mol. The summed E-state index contributed by atoms with van der Waals surface area (Å²) in [6.07, 6.45) is 0. The normalized spacial score (nSPS) is 11.5. The van der Waals surface area contributed by atoms with E-state index in [1.54, 1.807) is 0 Å². The van der Waals surface area contributed by atoms with Crippen LogP contribution in [0.2, 0.25) is 0 Å². The van der Waals surface area contributed by atoms with Crippen LogP contribution in [0, 0.1) is 0 Å². The first-order valence-corrected chi connectivity index (χ1v) is 13.3. The van der Waals surface area contributed by atoms with Crippen LogP contribution >= 0.6 is 51.2 Å². The number of carbonyl (C=O) groups excluding carboxylic acids is 1. The largest absolute Gasteiger partial charge is 0.332 e. The third-order valence-electron chi connectivity index (χ3n) is 4.70. The summed E-state index contributed by atoms with van der Waals surface area (Å²) >= 11 is 11.7. The van der Waals surface area contributed by atoms with Gasteiger partial charge in [-0.05, 0) is 67.7 Å². The molecule has 5 nitrogen and oxygen atoms in total. The average molecular weight is 570 g/mol. The molecule has 4 aromatic rings. The van der Waals surface area contributed by atoms with Crippen molar-refractivity contribution in [3.63, 3.8) is 0 Å². The van der Waals surface area contributed by atoms with Gasteiger partial charge >= 0.3 is 0 Å². The fourth-order valence-electron chi connectivity index (χ4n) is 2.98. The molecule has 1 unspecified atom stereocenters. The number of hydrogen-bond donors (Lipinski definition) is 3. The van der Waals surface area contributed by atoms with Crippen LogP contribution in [0.25, 0.3) is 11.3 Å². The summed E-state index contributed by atoms with van der Waals surface area (Å²) in [5.41, 5.74) is 3.65. The lowest BCUT2D eigenvalue weighted by Gasteiger charge is -2.12. The average Bonchev–Trinajstić information content (AvgIpc) is 3.30. The van der Waals surface area contributed by atoms with Gasteiger partial charge in [-0.3, -0.25) is 4.79 Å². The molecule has 1 heterocycles. The Morgan fingerprint density at radius 1 is 0.941 bits per heavy atom. The lowest BCUT2D eigenvalue weighted by atomic mass is 10.2. The number of carbonyl (C=O) groups is 1. The number of para-hydroxylation sites is 1. The van der Waals surface area contributed by atoms with Gasteiger partial charge in [-0.15, -0.1) is 23.1 Å². The maximum atomic E-state index is 12.7. The van der Waals surface area contributed by atoms with Gasteiger partial charge in [0, 0.05) is 31.7 Å². The predicted octanol–water partition coefficient (Wildman–Crippen LogP) is 7.50. The molecule has 0 aliphatic rings. The number of benzene rings is 3. The molecular formula is C25H21BrN4OS3. The highest BCUT2D eigenvalue weighted by Crippen LogP contribution is 2.28. The second-order valence-corrected chi connectivity index (χ2v) is 10.9. The number of nitrogens with one attached hydrogen (secondary N) is 3. The van der Waals surface area contributed by atoms with Crippen LogP contribution in [0.15, 0.2) is 93.6 Å². The highest BCUT2D eigenvalue weighted by atomic mass is 79.9. The zero-order valence-corrected chi connectivity index (χ0v) is 22.2. The monoisotopic (exact) mass is 568 g/mol. The molecule has 34 heavy (non-hydrogen) atoms.